The Labute approximate surface area is 185 Å². The summed E-state index contributed by atoms with van der Waals surface area (Å²) in [5.74, 6) is -0.236. The van der Waals surface area contributed by atoms with E-state index in [2.05, 4.69) is 15.2 Å². The Morgan fingerprint density at radius 1 is 1.03 bits per heavy atom. The number of ether oxygens (including phenoxy) is 1. The average molecular weight is 455 g/mol. The Balaban J connectivity index is 1.62. The van der Waals surface area contributed by atoms with Gasteiger partial charge in [0.15, 0.2) is 0 Å². The minimum atomic E-state index is -3.80. The molecule has 10 heteroatoms. The van der Waals surface area contributed by atoms with E-state index in [1.54, 1.807) is 12.1 Å². The predicted molar refractivity (Wildman–Crippen MR) is 120 cm³/mol. The SMILES string of the molecule is CCOc1ccc(S(=O)(=O)Nc2ccc(C(=O)N/N=C/c3ccc(O)cc3O)cc2)cc1. The van der Waals surface area contributed by atoms with Gasteiger partial charge in [0.05, 0.1) is 17.7 Å². The lowest BCUT2D eigenvalue weighted by atomic mass is 10.2. The zero-order chi connectivity index (χ0) is 23.1. The molecule has 0 fully saturated rings. The summed E-state index contributed by atoms with van der Waals surface area (Å²) in [5.41, 5.74) is 3.15. The van der Waals surface area contributed by atoms with Gasteiger partial charge in [-0.3, -0.25) is 9.52 Å². The number of benzene rings is 3. The van der Waals surface area contributed by atoms with Gasteiger partial charge < -0.3 is 14.9 Å². The molecule has 0 unspecified atom stereocenters. The number of carbonyl (C=O) groups excluding carboxylic acids is 1. The predicted octanol–water partition coefficient (Wildman–Crippen LogP) is 3.06. The van der Waals surface area contributed by atoms with Crippen LogP contribution in [0, 0.1) is 0 Å². The lowest BCUT2D eigenvalue weighted by Crippen LogP contribution is -2.18. The van der Waals surface area contributed by atoms with Crippen molar-refractivity contribution < 1.29 is 28.2 Å². The van der Waals surface area contributed by atoms with Crippen LogP contribution in [0.1, 0.15) is 22.8 Å². The number of hydrogen-bond donors (Lipinski definition) is 4. The molecule has 1 amide bonds. The Bertz CT molecular complexity index is 1220. The van der Waals surface area contributed by atoms with Crippen molar-refractivity contribution in [3.8, 4) is 17.2 Å². The van der Waals surface area contributed by atoms with Crippen LogP contribution in [0.4, 0.5) is 5.69 Å². The van der Waals surface area contributed by atoms with Crippen LogP contribution in [-0.4, -0.2) is 37.4 Å². The number of rotatable bonds is 8. The molecule has 0 aliphatic carbocycles. The van der Waals surface area contributed by atoms with Crippen molar-refractivity contribution in [1.82, 2.24) is 5.43 Å². The molecule has 0 aliphatic heterocycles. The third-order valence-electron chi connectivity index (χ3n) is 4.23. The van der Waals surface area contributed by atoms with Gasteiger partial charge in [-0.25, -0.2) is 13.8 Å². The molecule has 0 saturated carbocycles. The highest BCUT2D eigenvalue weighted by atomic mass is 32.2. The fraction of sp³-hybridized carbons (Fsp3) is 0.0909. The summed E-state index contributed by atoms with van der Waals surface area (Å²) in [5, 5.41) is 22.7. The number of phenolic OH excluding ortho intramolecular Hbond substituents is 2. The topological polar surface area (TPSA) is 137 Å². The van der Waals surface area contributed by atoms with E-state index in [1.807, 2.05) is 6.92 Å². The van der Waals surface area contributed by atoms with Crippen LogP contribution in [0.3, 0.4) is 0 Å². The second kappa shape index (κ2) is 9.84. The molecule has 0 saturated heterocycles. The van der Waals surface area contributed by atoms with Crippen LogP contribution in [0.15, 0.2) is 76.7 Å². The van der Waals surface area contributed by atoms with E-state index >= 15 is 0 Å². The largest absolute Gasteiger partial charge is 0.508 e. The number of anilines is 1. The van der Waals surface area contributed by atoms with Crippen molar-refractivity contribution in [3.05, 3.63) is 77.9 Å². The van der Waals surface area contributed by atoms with Gasteiger partial charge in [-0.05, 0) is 67.6 Å². The summed E-state index contributed by atoms with van der Waals surface area (Å²) in [6.07, 6.45) is 1.23. The van der Waals surface area contributed by atoms with Crippen LogP contribution in [0.2, 0.25) is 0 Å². The number of hydrogen-bond acceptors (Lipinski definition) is 7. The Morgan fingerprint density at radius 3 is 2.34 bits per heavy atom. The number of phenols is 2. The van der Waals surface area contributed by atoms with Gasteiger partial charge in [0.2, 0.25) is 0 Å². The molecule has 32 heavy (non-hydrogen) atoms. The first kappa shape index (κ1) is 22.6. The van der Waals surface area contributed by atoms with Gasteiger partial charge in [0.25, 0.3) is 15.9 Å². The van der Waals surface area contributed by atoms with Gasteiger partial charge in [-0.15, -0.1) is 0 Å². The van der Waals surface area contributed by atoms with E-state index in [-0.39, 0.29) is 27.6 Å². The number of sulfonamides is 1. The fourth-order valence-electron chi connectivity index (χ4n) is 2.65. The monoisotopic (exact) mass is 455 g/mol. The second-order valence-electron chi connectivity index (χ2n) is 6.53. The quantitative estimate of drug-likeness (QED) is 0.304. The second-order valence-corrected chi connectivity index (χ2v) is 8.21. The first-order valence-corrected chi connectivity index (χ1v) is 11.0. The van der Waals surface area contributed by atoms with Crippen molar-refractivity contribution in [2.45, 2.75) is 11.8 Å². The first-order valence-electron chi connectivity index (χ1n) is 9.49. The van der Waals surface area contributed by atoms with Gasteiger partial charge in [-0.1, -0.05) is 0 Å². The number of amides is 1. The molecular formula is C22H21N3O6S. The third kappa shape index (κ3) is 5.76. The zero-order valence-electron chi connectivity index (χ0n) is 17.0. The minimum Gasteiger partial charge on any atom is -0.508 e. The summed E-state index contributed by atoms with van der Waals surface area (Å²) >= 11 is 0. The fourth-order valence-corrected chi connectivity index (χ4v) is 3.71. The molecule has 166 valence electrons. The maximum absolute atomic E-state index is 12.5. The number of hydrazone groups is 1. The summed E-state index contributed by atoms with van der Waals surface area (Å²) in [4.78, 5) is 12.3. The van der Waals surface area contributed by atoms with Crippen molar-refractivity contribution in [3.63, 3.8) is 0 Å². The standard InChI is InChI=1S/C22H21N3O6S/c1-2-31-19-9-11-20(12-10-19)32(29,30)25-17-6-3-15(4-7-17)22(28)24-23-14-16-5-8-18(26)13-21(16)27/h3-14,25-27H,2H2,1H3,(H,24,28)/b23-14+. The Morgan fingerprint density at radius 2 is 1.72 bits per heavy atom. The summed E-state index contributed by atoms with van der Waals surface area (Å²) < 4.78 is 32.8. The van der Waals surface area contributed by atoms with Crippen LogP contribution in [-0.2, 0) is 10.0 Å². The van der Waals surface area contributed by atoms with Crippen molar-refractivity contribution in [1.29, 1.82) is 0 Å². The van der Waals surface area contributed by atoms with Crippen LogP contribution in [0.5, 0.6) is 17.2 Å². The molecule has 3 rings (SSSR count). The van der Waals surface area contributed by atoms with E-state index in [0.29, 0.717) is 17.9 Å². The van der Waals surface area contributed by atoms with Gasteiger partial charge in [0, 0.05) is 22.9 Å². The summed E-state index contributed by atoms with van der Waals surface area (Å²) in [6, 6.07) is 15.8. The summed E-state index contributed by atoms with van der Waals surface area (Å²) in [6.45, 7) is 2.32. The van der Waals surface area contributed by atoms with Gasteiger partial charge in [-0.2, -0.15) is 5.10 Å². The Hall–Kier alpha value is -4.05. The van der Waals surface area contributed by atoms with E-state index in [4.69, 9.17) is 4.74 Å². The number of nitrogens with one attached hydrogen (secondary N) is 2. The molecular weight excluding hydrogens is 434 g/mol. The normalized spacial score (nSPS) is 11.3. The molecule has 0 heterocycles. The highest BCUT2D eigenvalue weighted by Crippen LogP contribution is 2.21. The number of nitrogens with zero attached hydrogens (tertiary/aromatic N) is 1. The van der Waals surface area contributed by atoms with Gasteiger partial charge >= 0.3 is 0 Å². The molecule has 3 aromatic rings. The molecule has 9 nitrogen and oxygen atoms in total. The molecule has 0 bridgehead atoms. The lowest BCUT2D eigenvalue weighted by Gasteiger charge is -2.09. The molecule has 0 spiro atoms. The zero-order valence-corrected chi connectivity index (χ0v) is 17.8. The maximum Gasteiger partial charge on any atom is 0.271 e. The lowest BCUT2D eigenvalue weighted by molar-refractivity contribution is 0.0955. The molecule has 0 atom stereocenters. The third-order valence-corrected chi connectivity index (χ3v) is 5.63. The van der Waals surface area contributed by atoms with Crippen LogP contribution >= 0.6 is 0 Å². The maximum atomic E-state index is 12.5. The summed E-state index contributed by atoms with van der Waals surface area (Å²) in [7, 11) is -3.80. The molecule has 3 aromatic carbocycles. The molecule has 0 aromatic heterocycles. The highest BCUT2D eigenvalue weighted by Gasteiger charge is 2.15. The molecule has 0 radical (unpaired) electrons. The van der Waals surface area contributed by atoms with Crippen molar-refractivity contribution in [2.75, 3.05) is 11.3 Å². The van der Waals surface area contributed by atoms with Crippen molar-refractivity contribution >= 4 is 27.8 Å². The van der Waals surface area contributed by atoms with E-state index in [0.717, 1.165) is 6.07 Å². The van der Waals surface area contributed by atoms with E-state index in [1.165, 1.54) is 54.7 Å². The number of aromatic hydroxyl groups is 2. The molecule has 4 N–H and O–H groups in total. The average Bonchev–Trinajstić information content (AvgIpc) is 2.76. The molecule has 0 aliphatic rings. The van der Waals surface area contributed by atoms with Crippen molar-refractivity contribution in [2.24, 2.45) is 5.10 Å². The first-order chi connectivity index (χ1) is 15.3. The minimum absolute atomic E-state index is 0.0783. The van der Waals surface area contributed by atoms with Gasteiger partial charge in [0.1, 0.15) is 17.2 Å². The van der Waals surface area contributed by atoms with Crippen LogP contribution in [0.25, 0.3) is 0 Å². The smallest absolute Gasteiger partial charge is 0.271 e. The van der Waals surface area contributed by atoms with Crippen LogP contribution < -0.4 is 14.9 Å². The highest BCUT2D eigenvalue weighted by molar-refractivity contribution is 7.92. The number of carbonyl (C=O) groups is 1. The van der Waals surface area contributed by atoms with E-state index < -0.39 is 15.9 Å². The van der Waals surface area contributed by atoms with E-state index in [9.17, 15) is 23.4 Å². The Kier molecular flexibility index (Phi) is 6.96.